The molecule has 0 unspecified atom stereocenters. The van der Waals surface area contributed by atoms with Gasteiger partial charge in [0.15, 0.2) is 0 Å². The van der Waals surface area contributed by atoms with E-state index in [1.165, 1.54) is 0 Å². The van der Waals surface area contributed by atoms with Gasteiger partial charge in [0.05, 0.1) is 18.6 Å². The maximum Gasteiger partial charge on any atom is 0.223 e. The topological polar surface area (TPSA) is 58.6 Å². The number of ether oxygens (including phenoxy) is 1. The Hall–Kier alpha value is -1.55. The summed E-state index contributed by atoms with van der Waals surface area (Å²) in [7, 11) is 0. The van der Waals surface area contributed by atoms with Crippen molar-refractivity contribution in [1.82, 2.24) is 5.32 Å². The second-order valence-electron chi connectivity index (χ2n) is 5.67. The third kappa shape index (κ3) is 3.73. The first kappa shape index (κ1) is 14.9. The minimum absolute atomic E-state index is 0.0726. The number of rotatable bonds is 6. The lowest BCUT2D eigenvalue weighted by molar-refractivity contribution is -0.124. The van der Waals surface area contributed by atoms with Crippen LogP contribution in [0.3, 0.4) is 0 Å². The number of benzene rings is 1. The van der Waals surface area contributed by atoms with E-state index < -0.39 is 5.60 Å². The number of aryl methyl sites for hydroxylation is 2. The average Bonchev–Trinajstić information content (AvgIpc) is 2.37. The van der Waals surface area contributed by atoms with Gasteiger partial charge in [-0.15, -0.1) is 0 Å². The van der Waals surface area contributed by atoms with E-state index in [2.05, 4.69) is 5.32 Å². The molecule has 20 heavy (non-hydrogen) atoms. The van der Waals surface area contributed by atoms with Crippen LogP contribution in [-0.2, 0) is 4.79 Å². The zero-order chi connectivity index (χ0) is 14.6. The Balaban J connectivity index is 1.71. The van der Waals surface area contributed by atoms with Crippen molar-refractivity contribution in [3.05, 3.63) is 29.3 Å². The number of hydrogen-bond acceptors (Lipinski definition) is 3. The van der Waals surface area contributed by atoms with Crippen molar-refractivity contribution < 1.29 is 14.6 Å². The van der Waals surface area contributed by atoms with Gasteiger partial charge in [0.1, 0.15) is 5.75 Å². The van der Waals surface area contributed by atoms with E-state index in [1.807, 2.05) is 32.0 Å². The molecule has 1 aliphatic rings. The van der Waals surface area contributed by atoms with E-state index in [9.17, 15) is 9.90 Å². The number of aliphatic hydroxyl groups is 1. The fourth-order valence-electron chi connectivity index (χ4n) is 2.39. The predicted octanol–water partition coefficient (Wildman–Crippen LogP) is 2.10. The first-order valence-electron chi connectivity index (χ1n) is 7.18. The number of amides is 1. The normalized spacial score (nSPS) is 16.4. The maximum absolute atomic E-state index is 11.7. The third-order valence-corrected chi connectivity index (χ3v) is 3.88. The molecule has 1 aromatic carbocycles. The summed E-state index contributed by atoms with van der Waals surface area (Å²) < 4.78 is 5.69. The molecule has 2 N–H and O–H groups in total. The molecule has 1 saturated carbocycles. The van der Waals surface area contributed by atoms with E-state index in [4.69, 9.17) is 4.74 Å². The Bertz CT molecular complexity index is 460. The predicted molar refractivity (Wildman–Crippen MR) is 77.8 cm³/mol. The van der Waals surface area contributed by atoms with Gasteiger partial charge in [-0.2, -0.15) is 0 Å². The van der Waals surface area contributed by atoms with Gasteiger partial charge in [0.25, 0.3) is 0 Å². The van der Waals surface area contributed by atoms with E-state index in [0.29, 0.717) is 19.6 Å². The summed E-state index contributed by atoms with van der Waals surface area (Å²) in [5.74, 6) is 0.787. The van der Waals surface area contributed by atoms with Gasteiger partial charge in [-0.3, -0.25) is 4.79 Å². The summed E-state index contributed by atoms with van der Waals surface area (Å²) >= 11 is 0. The molecule has 4 heteroatoms. The largest absolute Gasteiger partial charge is 0.493 e. The lowest BCUT2D eigenvalue weighted by atomic mass is 9.80. The van der Waals surface area contributed by atoms with Gasteiger partial charge in [0.2, 0.25) is 5.91 Å². The molecule has 2 rings (SSSR count). The molecule has 0 bridgehead atoms. The third-order valence-electron chi connectivity index (χ3n) is 3.88. The molecule has 1 amide bonds. The molecule has 0 aliphatic heterocycles. The van der Waals surface area contributed by atoms with Crippen LogP contribution >= 0.6 is 0 Å². The summed E-state index contributed by atoms with van der Waals surface area (Å²) in [5, 5.41) is 12.7. The van der Waals surface area contributed by atoms with Crippen LogP contribution in [0.4, 0.5) is 0 Å². The molecule has 0 aromatic heterocycles. The number of hydrogen-bond donors (Lipinski definition) is 2. The molecule has 1 fully saturated rings. The molecule has 110 valence electrons. The molecule has 1 aromatic rings. The fourth-order valence-corrected chi connectivity index (χ4v) is 2.39. The highest BCUT2D eigenvalue weighted by molar-refractivity contribution is 5.76. The lowest BCUT2D eigenvalue weighted by Gasteiger charge is -2.36. The van der Waals surface area contributed by atoms with Crippen molar-refractivity contribution in [2.24, 2.45) is 0 Å². The standard InChI is InChI=1S/C16H23NO3/c1-12-5-3-6-13(2)15(12)20-10-7-14(18)17-11-16(19)8-4-9-16/h3,5-6,19H,4,7-11H2,1-2H3,(H,17,18). The smallest absolute Gasteiger partial charge is 0.223 e. The summed E-state index contributed by atoms with van der Waals surface area (Å²) in [5.41, 5.74) is 1.49. The number of nitrogens with one attached hydrogen (secondary N) is 1. The Morgan fingerprint density at radius 3 is 2.55 bits per heavy atom. The van der Waals surface area contributed by atoms with Crippen molar-refractivity contribution >= 4 is 5.91 Å². The van der Waals surface area contributed by atoms with Gasteiger partial charge in [-0.05, 0) is 44.2 Å². The van der Waals surface area contributed by atoms with Crippen molar-refractivity contribution in [2.75, 3.05) is 13.2 Å². The van der Waals surface area contributed by atoms with Crippen LogP contribution in [0.2, 0.25) is 0 Å². The molecule has 4 nitrogen and oxygen atoms in total. The van der Waals surface area contributed by atoms with Crippen LogP contribution in [0.15, 0.2) is 18.2 Å². The molecular formula is C16H23NO3. The Labute approximate surface area is 120 Å². The highest BCUT2D eigenvalue weighted by Gasteiger charge is 2.34. The van der Waals surface area contributed by atoms with Gasteiger partial charge < -0.3 is 15.2 Å². The van der Waals surface area contributed by atoms with Crippen LogP contribution in [0.5, 0.6) is 5.75 Å². The van der Waals surface area contributed by atoms with E-state index in [1.54, 1.807) is 0 Å². The van der Waals surface area contributed by atoms with Crippen molar-refractivity contribution in [3.8, 4) is 5.75 Å². The first-order valence-corrected chi connectivity index (χ1v) is 7.18. The number of carbonyl (C=O) groups is 1. The van der Waals surface area contributed by atoms with Crippen LogP contribution in [0.1, 0.15) is 36.8 Å². The van der Waals surface area contributed by atoms with Crippen LogP contribution in [0.25, 0.3) is 0 Å². The monoisotopic (exact) mass is 277 g/mol. The summed E-state index contributed by atoms with van der Waals surface area (Å²) in [4.78, 5) is 11.7. The molecule has 0 radical (unpaired) electrons. The van der Waals surface area contributed by atoms with Crippen LogP contribution in [0, 0.1) is 13.8 Å². The minimum Gasteiger partial charge on any atom is -0.493 e. The van der Waals surface area contributed by atoms with Crippen molar-refractivity contribution in [3.63, 3.8) is 0 Å². The van der Waals surface area contributed by atoms with Crippen LogP contribution in [-0.4, -0.2) is 29.8 Å². The van der Waals surface area contributed by atoms with Gasteiger partial charge in [-0.1, -0.05) is 18.2 Å². The van der Waals surface area contributed by atoms with Crippen molar-refractivity contribution in [2.45, 2.75) is 45.1 Å². The summed E-state index contributed by atoms with van der Waals surface area (Å²) in [6.45, 7) is 4.70. The number of carbonyl (C=O) groups excluding carboxylic acids is 1. The fraction of sp³-hybridized carbons (Fsp3) is 0.562. The van der Waals surface area contributed by atoms with Crippen molar-refractivity contribution in [1.29, 1.82) is 0 Å². The lowest BCUT2D eigenvalue weighted by Crippen LogP contribution is -2.47. The van der Waals surface area contributed by atoms with E-state index in [0.717, 1.165) is 36.1 Å². The molecule has 0 spiro atoms. The maximum atomic E-state index is 11.7. The Morgan fingerprint density at radius 2 is 2.00 bits per heavy atom. The Morgan fingerprint density at radius 1 is 1.35 bits per heavy atom. The van der Waals surface area contributed by atoms with E-state index in [-0.39, 0.29) is 5.91 Å². The van der Waals surface area contributed by atoms with E-state index >= 15 is 0 Å². The number of para-hydroxylation sites is 1. The second-order valence-corrected chi connectivity index (χ2v) is 5.67. The molecule has 0 atom stereocenters. The zero-order valence-electron chi connectivity index (χ0n) is 12.2. The van der Waals surface area contributed by atoms with Gasteiger partial charge in [-0.25, -0.2) is 0 Å². The summed E-state index contributed by atoms with van der Waals surface area (Å²) in [6.07, 6.45) is 2.92. The molecule has 1 aliphatic carbocycles. The quantitative estimate of drug-likeness (QED) is 0.837. The summed E-state index contributed by atoms with van der Waals surface area (Å²) in [6, 6.07) is 5.98. The molecule has 0 saturated heterocycles. The first-order chi connectivity index (χ1) is 9.50. The second kappa shape index (κ2) is 6.27. The van der Waals surface area contributed by atoms with Gasteiger partial charge in [0, 0.05) is 6.54 Å². The van der Waals surface area contributed by atoms with Crippen LogP contribution < -0.4 is 10.1 Å². The molecular weight excluding hydrogens is 254 g/mol. The average molecular weight is 277 g/mol. The van der Waals surface area contributed by atoms with Gasteiger partial charge >= 0.3 is 0 Å². The highest BCUT2D eigenvalue weighted by atomic mass is 16.5. The SMILES string of the molecule is Cc1cccc(C)c1OCCC(=O)NCC1(O)CCC1. The highest BCUT2D eigenvalue weighted by Crippen LogP contribution is 2.30. The minimum atomic E-state index is -0.664. The zero-order valence-corrected chi connectivity index (χ0v) is 12.2. The Kier molecular flexibility index (Phi) is 4.65. The molecule has 0 heterocycles.